The molecule has 2 nitrogen and oxygen atoms in total. The molecule has 0 fully saturated rings. The van der Waals surface area contributed by atoms with Crippen LogP contribution in [-0.2, 0) is 9.53 Å². The van der Waals surface area contributed by atoms with Gasteiger partial charge in [0.2, 0.25) is 0 Å². The Balaban J connectivity index is 4.07. The van der Waals surface area contributed by atoms with Crippen LogP contribution in [0.5, 0.6) is 0 Å². The lowest BCUT2D eigenvalue weighted by molar-refractivity contribution is -0.145. The highest BCUT2D eigenvalue weighted by Crippen LogP contribution is 2.23. The van der Waals surface area contributed by atoms with E-state index in [-0.39, 0.29) is 5.97 Å². The predicted molar refractivity (Wildman–Crippen MR) is 114 cm³/mol. The van der Waals surface area contributed by atoms with E-state index in [1.54, 1.807) is 0 Å². The molecule has 0 unspecified atom stereocenters. The molecule has 2 heteroatoms. The average molecular weight is 369 g/mol. The van der Waals surface area contributed by atoms with Gasteiger partial charge in [-0.05, 0) is 49.4 Å². The molecule has 0 amide bonds. The van der Waals surface area contributed by atoms with Crippen molar-refractivity contribution in [2.24, 2.45) is 23.7 Å². The van der Waals surface area contributed by atoms with Crippen LogP contribution in [0.3, 0.4) is 0 Å². The van der Waals surface area contributed by atoms with Crippen molar-refractivity contribution < 1.29 is 9.53 Å². The first-order valence-corrected chi connectivity index (χ1v) is 11.5. The first-order chi connectivity index (χ1) is 12.3. The van der Waals surface area contributed by atoms with Crippen molar-refractivity contribution in [2.75, 3.05) is 6.61 Å². The van der Waals surface area contributed by atoms with E-state index in [0.29, 0.717) is 18.9 Å². The maximum absolute atomic E-state index is 12.2. The van der Waals surface area contributed by atoms with Gasteiger partial charge < -0.3 is 4.74 Å². The van der Waals surface area contributed by atoms with Crippen LogP contribution in [0.2, 0.25) is 0 Å². The van der Waals surface area contributed by atoms with Crippen molar-refractivity contribution >= 4 is 5.97 Å². The van der Waals surface area contributed by atoms with Crippen LogP contribution in [0.4, 0.5) is 0 Å². The molecule has 0 spiro atoms. The Labute approximate surface area is 164 Å². The molecule has 0 aromatic rings. The third kappa shape index (κ3) is 18.3. The normalized spacial score (nSPS) is 11.9. The maximum Gasteiger partial charge on any atom is 0.306 e. The zero-order valence-corrected chi connectivity index (χ0v) is 18.8. The smallest absolute Gasteiger partial charge is 0.306 e. The molecule has 0 N–H and O–H groups in total. The van der Waals surface area contributed by atoms with Crippen molar-refractivity contribution in [2.45, 2.75) is 119 Å². The van der Waals surface area contributed by atoms with Crippen molar-refractivity contribution in [1.82, 2.24) is 0 Å². The van der Waals surface area contributed by atoms with Gasteiger partial charge in [-0.25, -0.2) is 0 Å². The molecule has 0 rings (SSSR count). The van der Waals surface area contributed by atoms with Gasteiger partial charge in [-0.3, -0.25) is 4.79 Å². The van der Waals surface area contributed by atoms with E-state index in [1.807, 2.05) is 0 Å². The first kappa shape index (κ1) is 25.5. The molecule has 0 saturated heterocycles. The van der Waals surface area contributed by atoms with Gasteiger partial charge in [0.15, 0.2) is 0 Å². The molecule has 0 heterocycles. The summed E-state index contributed by atoms with van der Waals surface area (Å²) in [6, 6.07) is 0. The van der Waals surface area contributed by atoms with Gasteiger partial charge in [-0.15, -0.1) is 0 Å². The summed E-state index contributed by atoms with van der Waals surface area (Å²) in [6.45, 7) is 14.3. The average Bonchev–Trinajstić information content (AvgIpc) is 2.54. The molecule has 0 aliphatic carbocycles. The van der Waals surface area contributed by atoms with Crippen LogP contribution < -0.4 is 0 Å². The number of esters is 1. The standard InChI is InChI=1S/C24H48O2/c1-20(2)13-7-9-16-23(17-10-8-14-21(3)4)19-24(25)26-18-12-11-15-22(5)6/h20-23H,7-19H2,1-6H3. The molecule has 0 aliphatic rings. The molecule has 26 heavy (non-hydrogen) atoms. The number of hydrogen-bond acceptors (Lipinski definition) is 2. The monoisotopic (exact) mass is 368 g/mol. The summed E-state index contributed by atoms with van der Waals surface area (Å²) in [5, 5.41) is 0. The van der Waals surface area contributed by atoms with Gasteiger partial charge in [-0.2, -0.15) is 0 Å². The van der Waals surface area contributed by atoms with E-state index in [4.69, 9.17) is 4.74 Å². The second-order valence-corrected chi connectivity index (χ2v) is 9.54. The molecule has 0 atom stereocenters. The lowest BCUT2D eigenvalue weighted by atomic mass is 9.90. The number of rotatable bonds is 17. The summed E-state index contributed by atoms with van der Waals surface area (Å²) in [5.41, 5.74) is 0. The predicted octanol–water partition coefficient (Wildman–Crippen LogP) is 7.80. The summed E-state index contributed by atoms with van der Waals surface area (Å²) >= 11 is 0. The minimum Gasteiger partial charge on any atom is -0.466 e. The molecule has 0 aromatic heterocycles. The van der Waals surface area contributed by atoms with E-state index >= 15 is 0 Å². The molecular formula is C24H48O2. The van der Waals surface area contributed by atoms with E-state index in [2.05, 4.69) is 41.5 Å². The number of carbonyl (C=O) groups is 1. The minimum absolute atomic E-state index is 0.0345. The maximum atomic E-state index is 12.2. The number of unbranched alkanes of at least 4 members (excludes halogenated alkanes) is 3. The molecule has 0 aliphatic heterocycles. The zero-order valence-electron chi connectivity index (χ0n) is 18.8. The van der Waals surface area contributed by atoms with Crippen molar-refractivity contribution in [3.05, 3.63) is 0 Å². The Morgan fingerprint density at radius 2 is 1.00 bits per heavy atom. The quantitative estimate of drug-likeness (QED) is 0.193. The van der Waals surface area contributed by atoms with Gasteiger partial charge in [0, 0.05) is 6.42 Å². The zero-order chi connectivity index (χ0) is 19.8. The van der Waals surface area contributed by atoms with Gasteiger partial charge in [0.1, 0.15) is 0 Å². The summed E-state index contributed by atoms with van der Waals surface area (Å²) in [4.78, 5) is 12.2. The van der Waals surface area contributed by atoms with Crippen LogP contribution in [0.15, 0.2) is 0 Å². The Morgan fingerprint density at radius 1 is 0.615 bits per heavy atom. The second-order valence-electron chi connectivity index (χ2n) is 9.54. The Bertz CT molecular complexity index is 304. The van der Waals surface area contributed by atoms with Crippen LogP contribution in [0, 0.1) is 23.7 Å². The molecule has 156 valence electrons. The van der Waals surface area contributed by atoms with Crippen LogP contribution >= 0.6 is 0 Å². The summed E-state index contributed by atoms with van der Waals surface area (Å²) in [7, 11) is 0. The molecule has 0 saturated carbocycles. The third-order valence-corrected chi connectivity index (χ3v) is 5.18. The minimum atomic E-state index is 0.0345. The van der Waals surface area contributed by atoms with Crippen LogP contribution in [-0.4, -0.2) is 12.6 Å². The first-order valence-electron chi connectivity index (χ1n) is 11.5. The second kappa shape index (κ2) is 16.6. The van der Waals surface area contributed by atoms with E-state index < -0.39 is 0 Å². The fraction of sp³-hybridized carbons (Fsp3) is 0.958. The Morgan fingerprint density at radius 3 is 1.42 bits per heavy atom. The van der Waals surface area contributed by atoms with Crippen LogP contribution in [0.25, 0.3) is 0 Å². The highest BCUT2D eigenvalue weighted by atomic mass is 16.5. The van der Waals surface area contributed by atoms with Gasteiger partial charge in [0.25, 0.3) is 0 Å². The van der Waals surface area contributed by atoms with Crippen molar-refractivity contribution in [1.29, 1.82) is 0 Å². The van der Waals surface area contributed by atoms with Gasteiger partial charge in [-0.1, -0.05) is 86.5 Å². The molecule has 0 bridgehead atoms. The highest BCUT2D eigenvalue weighted by Gasteiger charge is 2.15. The Kier molecular flexibility index (Phi) is 16.3. The van der Waals surface area contributed by atoms with E-state index in [9.17, 15) is 4.79 Å². The molecule has 0 radical (unpaired) electrons. The number of hydrogen-bond donors (Lipinski definition) is 0. The summed E-state index contributed by atoms with van der Waals surface area (Å²) in [6.07, 6.45) is 14.1. The van der Waals surface area contributed by atoms with E-state index in [1.165, 1.54) is 64.2 Å². The number of carbonyl (C=O) groups excluding carboxylic acids is 1. The van der Waals surface area contributed by atoms with Crippen molar-refractivity contribution in [3.8, 4) is 0 Å². The molecule has 0 aromatic carbocycles. The summed E-state index contributed by atoms with van der Waals surface area (Å²) < 4.78 is 5.50. The van der Waals surface area contributed by atoms with Gasteiger partial charge >= 0.3 is 5.97 Å². The number of ether oxygens (including phenoxy) is 1. The molecular weight excluding hydrogens is 320 g/mol. The lowest BCUT2D eigenvalue weighted by Gasteiger charge is -2.17. The highest BCUT2D eigenvalue weighted by molar-refractivity contribution is 5.69. The SMILES string of the molecule is CC(C)CCCCOC(=O)CC(CCCCC(C)C)CCCCC(C)C. The lowest BCUT2D eigenvalue weighted by Crippen LogP contribution is -2.13. The summed E-state index contributed by atoms with van der Waals surface area (Å²) in [5.74, 6) is 2.88. The third-order valence-electron chi connectivity index (χ3n) is 5.18. The van der Waals surface area contributed by atoms with E-state index in [0.717, 1.165) is 24.2 Å². The Hall–Kier alpha value is -0.530. The largest absolute Gasteiger partial charge is 0.466 e. The van der Waals surface area contributed by atoms with Crippen molar-refractivity contribution in [3.63, 3.8) is 0 Å². The fourth-order valence-corrected chi connectivity index (χ4v) is 3.45. The fourth-order valence-electron chi connectivity index (χ4n) is 3.45. The van der Waals surface area contributed by atoms with Crippen LogP contribution in [0.1, 0.15) is 119 Å². The topological polar surface area (TPSA) is 26.3 Å². The van der Waals surface area contributed by atoms with Gasteiger partial charge in [0.05, 0.1) is 6.61 Å².